The zero-order valence-corrected chi connectivity index (χ0v) is 8.50. The molecule has 0 fully saturated rings. The summed E-state index contributed by atoms with van der Waals surface area (Å²) in [4.78, 5) is 10.9. The third-order valence-corrected chi connectivity index (χ3v) is 1.83. The maximum absolute atomic E-state index is 10.9. The quantitative estimate of drug-likeness (QED) is 0.721. The number of esters is 1. The molecule has 0 atom stereocenters. The summed E-state index contributed by atoms with van der Waals surface area (Å²) in [5.74, 6) is 0.617. The number of hydrogen-bond donors (Lipinski definition) is 1. The summed E-state index contributed by atoms with van der Waals surface area (Å²) in [6, 6.07) is 1.89. The van der Waals surface area contributed by atoms with Gasteiger partial charge in [0, 0.05) is 0 Å². The molecule has 0 unspecified atom stereocenters. The monoisotopic (exact) mass is 197 g/mol. The predicted molar refractivity (Wildman–Crippen MR) is 51.8 cm³/mol. The fourth-order valence-electron chi connectivity index (χ4n) is 1.08. The van der Waals surface area contributed by atoms with E-state index in [1.165, 1.54) is 0 Å². The summed E-state index contributed by atoms with van der Waals surface area (Å²) in [5.41, 5.74) is 1.08. The van der Waals surface area contributed by atoms with Gasteiger partial charge in [0.1, 0.15) is 5.76 Å². The lowest BCUT2D eigenvalue weighted by atomic mass is 10.3. The van der Waals surface area contributed by atoms with Gasteiger partial charge in [-0.3, -0.25) is 10.1 Å². The Morgan fingerprint density at radius 2 is 2.43 bits per heavy atom. The second kappa shape index (κ2) is 5.44. The minimum Gasteiger partial charge on any atom is -0.468 e. The van der Waals surface area contributed by atoms with E-state index in [0.717, 1.165) is 11.3 Å². The van der Waals surface area contributed by atoms with Crippen molar-refractivity contribution in [3.05, 3.63) is 23.7 Å². The van der Waals surface area contributed by atoms with Crippen LogP contribution in [0.4, 0.5) is 0 Å². The molecule has 0 amide bonds. The molecule has 0 spiro atoms. The molecule has 0 bridgehead atoms. The summed E-state index contributed by atoms with van der Waals surface area (Å²) in [5, 5.41) is 2.94. The third kappa shape index (κ3) is 3.22. The summed E-state index contributed by atoms with van der Waals surface area (Å²) in [6.07, 6.45) is 1.64. The average Bonchev–Trinajstić information content (AvgIpc) is 2.52. The summed E-state index contributed by atoms with van der Waals surface area (Å²) >= 11 is 0. The van der Waals surface area contributed by atoms with Gasteiger partial charge in [-0.15, -0.1) is 0 Å². The van der Waals surface area contributed by atoms with E-state index < -0.39 is 0 Å². The van der Waals surface area contributed by atoms with Crippen LogP contribution in [0.1, 0.15) is 18.2 Å². The van der Waals surface area contributed by atoms with Gasteiger partial charge in [0.05, 0.1) is 26.0 Å². The van der Waals surface area contributed by atoms with Crippen molar-refractivity contribution >= 4 is 5.97 Å². The van der Waals surface area contributed by atoms with Crippen molar-refractivity contribution < 1.29 is 13.9 Å². The minimum atomic E-state index is -0.239. The smallest absolute Gasteiger partial charge is 0.319 e. The molecule has 4 heteroatoms. The standard InChI is InChI=1S/C10H15NO3/c1-3-13-10(12)7-11-6-9-8(2)4-5-14-9/h4-5,11H,3,6-7H2,1-2H3. The van der Waals surface area contributed by atoms with Gasteiger partial charge in [-0.1, -0.05) is 0 Å². The fraction of sp³-hybridized carbons (Fsp3) is 0.500. The first-order chi connectivity index (χ1) is 6.74. The van der Waals surface area contributed by atoms with Crippen molar-refractivity contribution in [3.63, 3.8) is 0 Å². The van der Waals surface area contributed by atoms with Crippen molar-refractivity contribution in [1.29, 1.82) is 0 Å². The topological polar surface area (TPSA) is 51.5 Å². The summed E-state index contributed by atoms with van der Waals surface area (Å²) in [7, 11) is 0. The molecular weight excluding hydrogens is 182 g/mol. The molecule has 78 valence electrons. The maximum Gasteiger partial charge on any atom is 0.319 e. The Balaban J connectivity index is 2.22. The molecule has 1 rings (SSSR count). The number of rotatable bonds is 5. The third-order valence-electron chi connectivity index (χ3n) is 1.83. The van der Waals surface area contributed by atoms with Crippen LogP contribution in [-0.2, 0) is 16.1 Å². The molecule has 0 saturated heterocycles. The van der Waals surface area contributed by atoms with Crippen molar-refractivity contribution in [2.24, 2.45) is 0 Å². The van der Waals surface area contributed by atoms with Crippen LogP contribution in [0.2, 0.25) is 0 Å². The van der Waals surface area contributed by atoms with Gasteiger partial charge in [0.15, 0.2) is 0 Å². The Hall–Kier alpha value is -1.29. The fourth-order valence-corrected chi connectivity index (χ4v) is 1.08. The number of carbonyl (C=O) groups excluding carboxylic acids is 1. The van der Waals surface area contributed by atoms with Crippen LogP contribution < -0.4 is 5.32 Å². The maximum atomic E-state index is 10.9. The molecule has 0 aromatic carbocycles. The van der Waals surface area contributed by atoms with Gasteiger partial charge >= 0.3 is 5.97 Å². The Morgan fingerprint density at radius 1 is 1.64 bits per heavy atom. The van der Waals surface area contributed by atoms with E-state index in [0.29, 0.717) is 13.2 Å². The van der Waals surface area contributed by atoms with E-state index >= 15 is 0 Å². The van der Waals surface area contributed by atoms with E-state index in [-0.39, 0.29) is 12.5 Å². The van der Waals surface area contributed by atoms with Crippen LogP contribution in [0.3, 0.4) is 0 Å². The van der Waals surface area contributed by atoms with Crippen molar-refractivity contribution in [2.45, 2.75) is 20.4 Å². The summed E-state index contributed by atoms with van der Waals surface area (Å²) in [6.45, 7) is 4.94. The van der Waals surface area contributed by atoms with E-state index in [1.54, 1.807) is 13.2 Å². The number of ether oxygens (including phenoxy) is 1. The van der Waals surface area contributed by atoms with Gasteiger partial charge in [0.25, 0.3) is 0 Å². The second-order valence-corrected chi connectivity index (χ2v) is 2.94. The highest BCUT2D eigenvalue weighted by molar-refractivity contribution is 5.71. The molecular formula is C10H15NO3. The minimum absolute atomic E-state index is 0.216. The van der Waals surface area contributed by atoms with Gasteiger partial charge in [-0.25, -0.2) is 0 Å². The lowest BCUT2D eigenvalue weighted by molar-refractivity contribution is -0.142. The van der Waals surface area contributed by atoms with Gasteiger partial charge in [-0.2, -0.15) is 0 Å². The van der Waals surface area contributed by atoms with E-state index in [9.17, 15) is 4.79 Å². The number of furan rings is 1. The molecule has 4 nitrogen and oxygen atoms in total. The molecule has 1 heterocycles. The SMILES string of the molecule is CCOC(=O)CNCc1occc1C. The van der Waals surface area contributed by atoms with E-state index in [1.807, 2.05) is 13.0 Å². The lowest BCUT2D eigenvalue weighted by Gasteiger charge is -2.03. The Labute approximate surface area is 83.2 Å². The van der Waals surface area contributed by atoms with Crippen LogP contribution in [0.15, 0.2) is 16.7 Å². The highest BCUT2D eigenvalue weighted by Crippen LogP contribution is 2.07. The van der Waals surface area contributed by atoms with Crippen LogP contribution in [0, 0.1) is 6.92 Å². The molecule has 1 aromatic rings. The van der Waals surface area contributed by atoms with Crippen LogP contribution >= 0.6 is 0 Å². The van der Waals surface area contributed by atoms with Gasteiger partial charge < -0.3 is 9.15 Å². The van der Waals surface area contributed by atoms with Crippen LogP contribution in [0.5, 0.6) is 0 Å². The first kappa shape index (κ1) is 10.8. The zero-order valence-electron chi connectivity index (χ0n) is 8.50. The van der Waals surface area contributed by atoms with Gasteiger partial charge in [0.2, 0.25) is 0 Å². The Kier molecular flexibility index (Phi) is 4.19. The number of nitrogens with one attached hydrogen (secondary N) is 1. The average molecular weight is 197 g/mol. The molecule has 14 heavy (non-hydrogen) atoms. The van der Waals surface area contributed by atoms with Gasteiger partial charge in [-0.05, 0) is 25.5 Å². The largest absolute Gasteiger partial charge is 0.468 e. The van der Waals surface area contributed by atoms with E-state index in [2.05, 4.69) is 5.32 Å². The van der Waals surface area contributed by atoms with Crippen molar-refractivity contribution in [2.75, 3.05) is 13.2 Å². The molecule has 0 saturated carbocycles. The highest BCUT2D eigenvalue weighted by atomic mass is 16.5. The molecule has 0 aliphatic carbocycles. The number of hydrogen-bond acceptors (Lipinski definition) is 4. The normalized spacial score (nSPS) is 10.1. The first-order valence-corrected chi connectivity index (χ1v) is 4.63. The second-order valence-electron chi connectivity index (χ2n) is 2.94. The lowest BCUT2D eigenvalue weighted by Crippen LogP contribution is -2.24. The Morgan fingerprint density at radius 3 is 3.00 bits per heavy atom. The number of aryl methyl sites for hydroxylation is 1. The van der Waals surface area contributed by atoms with Crippen molar-refractivity contribution in [1.82, 2.24) is 5.32 Å². The predicted octanol–water partition coefficient (Wildman–Crippen LogP) is 1.24. The van der Waals surface area contributed by atoms with Crippen LogP contribution in [0.25, 0.3) is 0 Å². The highest BCUT2D eigenvalue weighted by Gasteiger charge is 2.03. The van der Waals surface area contributed by atoms with Crippen molar-refractivity contribution in [3.8, 4) is 0 Å². The molecule has 1 N–H and O–H groups in total. The zero-order chi connectivity index (χ0) is 10.4. The first-order valence-electron chi connectivity index (χ1n) is 4.63. The van der Waals surface area contributed by atoms with E-state index in [4.69, 9.17) is 9.15 Å². The Bertz CT molecular complexity index is 293. The van der Waals surface area contributed by atoms with Crippen LogP contribution in [-0.4, -0.2) is 19.1 Å². The number of carbonyl (C=O) groups is 1. The molecule has 0 aliphatic rings. The molecule has 0 radical (unpaired) electrons. The molecule has 1 aromatic heterocycles. The summed E-state index contributed by atoms with van der Waals surface area (Å²) < 4.78 is 9.95. The molecule has 0 aliphatic heterocycles.